The summed E-state index contributed by atoms with van der Waals surface area (Å²) in [6.45, 7) is 3.56. The third-order valence-corrected chi connectivity index (χ3v) is 22.7. The average molecular weight is 1460 g/mol. The number of hydrogen-bond donors (Lipinski definition) is 23. The molecule has 578 valence electrons. The van der Waals surface area contributed by atoms with Crippen LogP contribution in [0.5, 0.6) is 0 Å². The molecule has 7 saturated heterocycles. The number of aliphatic hydroxyl groups is 23. The molecule has 10 fully saturated rings. The maximum absolute atomic E-state index is 15.5. The minimum atomic E-state index is -2.13. The normalized spacial score (nSPS) is 53.4. The average Bonchev–Trinajstić information content (AvgIpc) is 1.17. The monoisotopic (exact) mass is 1450 g/mol. The van der Waals surface area contributed by atoms with Crippen LogP contribution in [-0.4, -0.2) is 390 Å². The Morgan fingerprint density at radius 2 is 0.750 bits per heavy atom. The lowest BCUT2D eigenvalue weighted by molar-refractivity contribution is -0.401. The quantitative estimate of drug-likeness (QED) is 0.0375. The Bertz CT molecular complexity index is 2650. The first-order valence-electron chi connectivity index (χ1n) is 33.9. The van der Waals surface area contributed by atoms with Gasteiger partial charge in [-0.3, -0.25) is 4.79 Å². The van der Waals surface area contributed by atoms with Crippen molar-refractivity contribution in [3.05, 3.63) is 12.2 Å². The van der Waals surface area contributed by atoms with E-state index in [0.717, 1.165) is 0 Å². The Labute approximate surface area is 572 Å². The van der Waals surface area contributed by atoms with Crippen LogP contribution >= 0.6 is 0 Å². The van der Waals surface area contributed by atoms with Gasteiger partial charge in [0.15, 0.2) is 43.8 Å². The van der Waals surface area contributed by atoms with E-state index < -0.39 is 290 Å². The van der Waals surface area contributed by atoms with Crippen molar-refractivity contribution in [2.24, 2.45) is 28.6 Å². The smallest absolute Gasteiger partial charge is 0.314 e. The minimum Gasteiger partial charge on any atom is -0.432 e. The van der Waals surface area contributed by atoms with Crippen molar-refractivity contribution in [2.75, 3.05) is 46.2 Å². The molecule has 0 radical (unpaired) electrons. The topological polar surface area (TPSA) is 612 Å². The summed E-state index contributed by atoms with van der Waals surface area (Å²) >= 11 is 0. The van der Waals surface area contributed by atoms with Crippen molar-refractivity contribution in [1.29, 1.82) is 0 Å². The summed E-state index contributed by atoms with van der Waals surface area (Å²) in [5.74, 6) is -1.86. The maximum Gasteiger partial charge on any atom is 0.314 e. The second-order valence-corrected chi connectivity index (χ2v) is 28.8. The summed E-state index contributed by atoms with van der Waals surface area (Å²) in [4.78, 5) is 15.5. The van der Waals surface area contributed by atoms with Crippen LogP contribution in [0, 0.1) is 28.6 Å². The van der Waals surface area contributed by atoms with Crippen LogP contribution in [0.2, 0.25) is 0 Å². The van der Waals surface area contributed by atoms with Crippen molar-refractivity contribution < 1.29 is 189 Å². The molecule has 41 atom stereocenters. The number of carbonyl (C=O) groups excluding carboxylic acids is 1. The number of carbonyl (C=O) groups is 1. The lowest BCUT2D eigenvalue weighted by Gasteiger charge is -2.59. The first-order valence-corrected chi connectivity index (χ1v) is 33.9. The second-order valence-electron chi connectivity index (χ2n) is 28.8. The van der Waals surface area contributed by atoms with Gasteiger partial charge in [-0.15, -0.1) is 0 Å². The maximum atomic E-state index is 15.5. The van der Waals surface area contributed by atoms with Crippen LogP contribution in [0.15, 0.2) is 12.2 Å². The highest BCUT2D eigenvalue weighted by Crippen LogP contribution is 2.65. The highest BCUT2D eigenvalue weighted by Gasteiger charge is 2.64. The molecule has 3 saturated carbocycles. The van der Waals surface area contributed by atoms with Crippen molar-refractivity contribution in [1.82, 2.24) is 0 Å². The van der Waals surface area contributed by atoms with E-state index in [-0.39, 0.29) is 31.1 Å². The Kier molecular flexibility index (Phi) is 26.3. The summed E-state index contributed by atoms with van der Waals surface area (Å²) < 4.78 is 84.9. The molecule has 0 aromatic carbocycles. The fourth-order valence-corrected chi connectivity index (χ4v) is 16.6. The molecule has 3 aliphatic carbocycles. The molecule has 10 aliphatic rings. The molecule has 37 unspecified atom stereocenters. The van der Waals surface area contributed by atoms with Crippen molar-refractivity contribution >= 4 is 5.97 Å². The summed E-state index contributed by atoms with van der Waals surface area (Å²) in [5, 5.41) is 249. The molecular weight excluding hydrogens is 1350 g/mol. The van der Waals surface area contributed by atoms with Gasteiger partial charge in [0.2, 0.25) is 6.29 Å². The lowest BCUT2D eigenvalue weighted by Crippen LogP contribution is -2.68. The Hall–Kier alpha value is -2.23. The molecule has 0 spiro atoms. The van der Waals surface area contributed by atoms with Gasteiger partial charge in [-0.25, -0.2) is 0 Å². The molecule has 0 bridgehead atoms. The number of esters is 1. The Morgan fingerprint density at radius 3 is 1.17 bits per heavy atom. The standard InChI is InChI=1S/C62H102O38/c1-20-12-21-6-7-30-60(2,9-5-10-61(30,3)59(86)99-57-50(97-55-46(84)41(79)34(72)26(16-66)91-55)48(36(74)28(18-68)93-57)95-53-44(82)39(77)32(70)24(14-64)89-53)22(21)8-11-62(20,4)100-58-51(98-56-47(85)42(80)35(73)27(17-67)92-56)49(96-54-45(83)40(78)33(71)25(15-65)90-54)37(75)29(94-58)19-87-52-43(81)38(76)31(69)23(13-63)88-52/h21-58,63-85H,1,5-19H2,2-4H3/t21?,22-,23?,24?,25?,26?,27?,28?,29?,30?,31?,32?,33?,34?,35?,36?,37?,38?,39?,40?,41?,42?,43?,44?,45?,46?,47?,48?,49?,50?,51?,52?,53?,54?,55?,56?,57?,58?,60+,61-,62-/m1/s1. The summed E-state index contributed by atoms with van der Waals surface area (Å²) in [5.41, 5.74) is -3.22. The summed E-state index contributed by atoms with van der Waals surface area (Å²) in [6.07, 6.45) is -64.3. The largest absolute Gasteiger partial charge is 0.432 e. The second kappa shape index (κ2) is 32.7. The van der Waals surface area contributed by atoms with Crippen LogP contribution in [0.3, 0.4) is 0 Å². The van der Waals surface area contributed by atoms with Gasteiger partial charge in [-0.2, -0.15) is 0 Å². The Morgan fingerprint density at radius 1 is 0.400 bits per heavy atom. The number of fused-ring (bicyclic) bond motifs is 3. The van der Waals surface area contributed by atoms with Gasteiger partial charge in [0, 0.05) is 0 Å². The molecule has 0 amide bonds. The predicted molar refractivity (Wildman–Crippen MR) is 319 cm³/mol. The van der Waals surface area contributed by atoms with Crippen LogP contribution in [0.4, 0.5) is 0 Å². The number of hydrogen-bond acceptors (Lipinski definition) is 38. The van der Waals surface area contributed by atoms with E-state index in [1.807, 2.05) is 6.92 Å². The van der Waals surface area contributed by atoms with Gasteiger partial charge < -0.3 is 184 Å². The molecule has 23 N–H and O–H groups in total. The van der Waals surface area contributed by atoms with Gasteiger partial charge in [-0.05, 0) is 87.5 Å². The third kappa shape index (κ3) is 15.3. The zero-order valence-corrected chi connectivity index (χ0v) is 55.2. The first kappa shape index (κ1) is 80.3. The predicted octanol–water partition coefficient (Wildman–Crippen LogP) is -11.4. The Balaban J connectivity index is 0.946. The molecule has 38 heteroatoms. The fourth-order valence-electron chi connectivity index (χ4n) is 16.6. The van der Waals surface area contributed by atoms with E-state index in [2.05, 4.69) is 6.58 Å². The minimum absolute atomic E-state index is 0.0868. The molecule has 10 rings (SSSR count). The number of aliphatic hydroxyl groups excluding tert-OH is 23. The van der Waals surface area contributed by atoms with Gasteiger partial charge in [-0.1, -0.05) is 19.9 Å². The van der Waals surface area contributed by atoms with Crippen molar-refractivity contribution in [2.45, 2.75) is 293 Å². The van der Waals surface area contributed by atoms with E-state index in [1.165, 1.54) is 0 Å². The van der Waals surface area contributed by atoms with Crippen LogP contribution in [-0.2, 0) is 71.1 Å². The zero-order valence-electron chi connectivity index (χ0n) is 55.2. The molecule has 100 heavy (non-hydrogen) atoms. The molecule has 0 aromatic heterocycles. The van der Waals surface area contributed by atoms with Gasteiger partial charge >= 0.3 is 5.97 Å². The van der Waals surface area contributed by atoms with E-state index in [9.17, 15) is 117 Å². The zero-order chi connectivity index (χ0) is 73.1. The van der Waals surface area contributed by atoms with Gasteiger partial charge in [0.1, 0.15) is 165 Å². The first-order chi connectivity index (χ1) is 47.2. The van der Waals surface area contributed by atoms with Gasteiger partial charge in [0.05, 0.1) is 57.3 Å². The lowest BCUT2D eigenvalue weighted by atomic mass is 9.45. The fraction of sp³-hybridized carbons (Fsp3) is 0.952. The molecular formula is C62H102O38. The SMILES string of the molecule is C=C1CC2CCC3[C@](C)(C(=O)OC4OC(CO)C(O)C(OC5OC(CO)C(O)C(O)C5O)C4OC4OC(CO)C(O)C(O)C4O)CCC[C@@]3(C)[C@@H]2CC[C@@]1(C)OC1OC(COC2OC(CO)C(O)C(O)C2O)C(O)C(OC2OC(CO)C(O)C(O)C2O)C1OC1OC(CO)C(O)C(O)C1O. The highest BCUT2D eigenvalue weighted by atomic mass is 16.8. The molecule has 38 nitrogen and oxygen atoms in total. The van der Waals surface area contributed by atoms with Crippen LogP contribution in [0.25, 0.3) is 0 Å². The number of ether oxygens (including phenoxy) is 14. The number of rotatable bonds is 21. The van der Waals surface area contributed by atoms with Crippen LogP contribution < -0.4 is 0 Å². The van der Waals surface area contributed by atoms with E-state index >= 15 is 4.79 Å². The molecule has 7 heterocycles. The summed E-state index contributed by atoms with van der Waals surface area (Å²) in [6, 6.07) is 0. The van der Waals surface area contributed by atoms with E-state index in [4.69, 9.17) is 66.3 Å². The van der Waals surface area contributed by atoms with Crippen molar-refractivity contribution in [3.8, 4) is 0 Å². The summed E-state index contributed by atoms with van der Waals surface area (Å²) in [7, 11) is 0. The van der Waals surface area contributed by atoms with Crippen molar-refractivity contribution in [3.63, 3.8) is 0 Å². The third-order valence-electron chi connectivity index (χ3n) is 22.7. The van der Waals surface area contributed by atoms with E-state index in [1.54, 1.807) is 13.8 Å². The van der Waals surface area contributed by atoms with Gasteiger partial charge in [0.25, 0.3) is 0 Å². The molecule has 0 aromatic rings. The van der Waals surface area contributed by atoms with Crippen LogP contribution in [0.1, 0.15) is 72.1 Å². The van der Waals surface area contributed by atoms with E-state index in [0.29, 0.717) is 37.7 Å². The molecule has 7 aliphatic heterocycles. The highest BCUT2D eigenvalue weighted by molar-refractivity contribution is 5.77.